The Kier molecular flexibility index (Phi) is 5.06. The van der Waals surface area contributed by atoms with Crippen LogP contribution in [0.4, 0.5) is 17.6 Å². The normalized spacial score (nSPS) is 12.1. The van der Waals surface area contributed by atoms with Crippen LogP contribution < -0.4 is 5.32 Å². The molecule has 0 aliphatic rings. The summed E-state index contributed by atoms with van der Waals surface area (Å²) in [6.45, 7) is 1.26. The summed E-state index contributed by atoms with van der Waals surface area (Å²) in [5, 5.41) is 10.7. The Morgan fingerprint density at radius 2 is 1.80 bits per heavy atom. The number of carboxylic acid groups (broad SMARTS) is 1. The number of amides is 1. The van der Waals surface area contributed by atoms with Gasteiger partial charge >= 0.3 is 5.97 Å². The molecule has 1 rings (SSSR count). The Balaban J connectivity index is 2.76. The third kappa shape index (κ3) is 3.46. The molecule has 0 aliphatic heterocycles. The molecule has 0 bridgehead atoms. The summed E-state index contributed by atoms with van der Waals surface area (Å²) >= 11 is 0. The monoisotopic (exact) mass is 293 g/mol. The third-order valence-electron chi connectivity index (χ3n) is 2.63. The van der Waals surface area contributed by atoms with Crippen molar-refractivity contribution >= 4 is 11.9 Å². The summed E-state index contributed by atoms with van der Waals surface area (Å²) in [5.74, 6) is -10.5. The van der Waals surface area contributed by atoms with Gasteiger partial charge in [0.25, 0.3) is 5.91 Å². The average molecular weight is 293 g/mol. The van der Waals surface area contributed by atoms with Crippen LogP contribution in [0.1, 0.15) is 23.7 Å². The Bertz CT molecular complexity index is 548. The van der Waals surface area contributed by atoms with E-state index in [1.54, 1.807) is 0 Å². The fourth-order valence-electron chi connectivity index (χ4n) is 1.36. The molecular formula is C12H11F4NO3. The molecule has 110 valence electrons. The van der Waals surface area contributed by atoms with Crippen molar-refractivity contribution in [1.82, 2.24) is 5.32 Å². The predicted molar refractivity (Wildman–Crippen MR) is 60.0 cm³/mol. The van der Waals surface area contributed by atoms with Crippen LogP contribution in [0, 0.1) is 29.2 Å². The van der Waals surface area contributed by atoms with E-state index in [1.165, 1.54) is 6.92 Å². The molecule has 1 aromatic rings. The van der Waals surface area contributed by atoms with Crippen molar-refractivity contribution in [3.8, 4) is 0 Å². The van der Waals surface area contributed by atoms with Gasteiger partial charge in [-0.15, -0.1) is 0 Å². The van der Waals surface area contributed by atoms with E-state index in [4.69, 9.17) is 5.11 Å². The highest BCUT2D eigenvalue weighted by Crippen LogP contribution is 2.18. The zero-order valence-corrected chi connectivity index (χ0v) is 10.3. The van der Waals surface area contributed by atoms with E-state index in [1.807, 2.05) is 0 Å². The summed E-state index contributed by atoms with van der Waals surface area (Å²) in [7, 11) is 0. The van der Waals surface area contributed by atoms with Gasteiger partial charge in [0.05, 0.1) is 11.5 Å². The van der Waals surface area contributed by atoms with Crippen molar-refractivity contribution in [2.24, 2.45) is 5.92 Å². The number of hydrogen-bond donors (Lipinski definition) is 2. The van der Waals surface area contributed by atoms with E-state index in [0.717, 1.165) is 0 Å². The molecule has 20 heavy (non-hydrogen) atoms. The number of aliphatic carboxylic acids is 1. The van der Waals surface area contributed by atoms with Crippen LogP contribution in [0.5, 0.6) is 0 Å². The SMILES string of the molecule is CC(CCNC(=O)c1cc(F)c(F)c(F)c1F)C(=O)O. The van der Waals surface area contributed by atoms with Gasteiger partial charge in [0.15, 0.2) is 23.3 Å². The Hall–Kier alpha value is -2.12. The minimum absolute atomic E-state index is 0.0504. The van der Waals surface area contributed by atoms with Crippen molar-refractivity contribution in [1.29, 1.82) is 0 Å². The van der Waals surface area contributed by atoms with Gasteiger partial charge in [-0.25, -0.2) is 17.6 Å². The molecule has 0 aromatic heterocycles. The van der Waals surface area contributed by atoms with Crippen LogP contribution in [-0.2, 0) is 4.79 Å². The summed E-state index contributed by atoms with van der Waals surface area (Å²) in [6.07, 6.45) is 0.0504. The molecule has 0 saturated carbocycles. The van der Waals surface area contributed by atoms with Gasteiger partial charge in [0.1, 0.15) is 0 Å². The lowest BCUT2D eigenvalue weighted by Crippen LogP contribution is -2.28. The first kappa shape index (κ1) is 15.9. The first-order valence-electron chi connectivity index (χ1n) is 5.59. The van der Waals surface area contributed by atoms with E-state index in [2.05, 4.69) is 5.32 Å². The second-order valence-corrected chi connectivity index (χ2v) is 4.13. The molecule has 0 spiro atoms. The van der Waals surface area contributed by atoms with Crippen LogP contribution in [-0.4, -0.2) is 23.5 Å². The highest BCUT2D eigenvalue weighted by Gasteiger charge is 2.23. The van der Waals surface area contributed by atoms with Crippen LogP contribution in [0.25, 0.3) is 0 Å². The molecular weight excluding hydrogens is 282 g/mol. The van der Waals surface area contributed by atoms with Gasteiger partial charge in [0.2, 0.25) is 0 Å². The smallest absolute Gasteiger partial charge is 0.306 e. The largest absolute Gasteiger partial charge is 0.481 e. The van der Waals surface area contributed by atoms with Gasteiger partial charge in [-0.2, -0.15) is 0 Å². The zero-order valence-electron chi connectivity index (χ0n) is 10.3. The fraction of sp³-hybridized carbons (Fsp3) is 0.333. The number of carbonyl (C=O) groups excluding carboxylic acids is 1. The molecule has 2 N–H and O–H groups in total. The van der Waals surface area contributed by atoms with E-state index >= 15 is 0 Å². The lowest BCUT2D eigenvalue weighted by Gasteiger charge is -2.09. The molecule has 1 atom stereocenters. The van der Waals surface area contributed by atoms with E-state index in [0.29, 0.717) is 0 Å². The van der Waals surface area contributed by atoms with Crippen LogP contribution in [0.2, 0.25) is 0 Å². The first-order chi connectivity index (χ1) is 9.25. The van der Waals surface area contributed by atoms with Gasteiger partial charge in [0, 0.05) is 6.54 Å². The number of carboxylic acids is 1. The molecule has 0 fully saturated rings. The van der Waals surface area contributed by atoms with E-state index < -0.39 is 46.6 Å². The van der Waals surface area contributed by atoms with Crippen molar-refractivity contribution in [2.75, 3.05) is 6.54 Å². The number of carbonyl (C=O) groups is 2. The molecule has 1 amide bonds. The van der Waals surface area contributed by atoms with Crippen molar-refractivity contribution in [2.45, 2.75) is 13.3 Å². The molecule has 1 unspecified atom stereocenters. The van der Waals surface area contributed by atoms with E-state index in [9.17, 15) is 27.2 Å². The highest BCUT2D eigenvalue weighted by atomic mass is 19.2. The Labute approximate surface area is 111 Å². The molecule has 0 radical (unpaired) electrons. The Morgan fingerprint density at radius 1 is 1.20 bits per heavy atom. The number of hydrogen-bond acceptors (Lipinski definition) is 2. The quantitative estimate of drug-likeness (QED) is 0.496. The fourth-order valence-corrected chi connectivity index (χ4v) is 1.36. The first-order valence-corrected chi connectivity index (χ1v) is 5.59. The second kappa shape index (κ2) is 6.36. The maximum absolute atomic E-state index is 13.3. The average Bonchev–Trinajstić information content (AvgIpc) is 2.39. The number of halogens is 4. The number of rotatable bonds is 5. The van der Waals surface area contributed by atoms with Crippen molar-refractivity contribution in [3.05, 3.63) is 34.9 Å². The molecule has 8 heteroatoms. The number of nitrogens with one attached hydrogen (secondary N) is 1. The lowest BCUT2D eigenvalue weighted by molar-refractivity contribution is -0.141. The summed E-state index contributed by atoms with van der Waals surface area (Å²) < 4.78 is 51.8. The van der Waals surface area contributed by atoms with Gasteiger partial charge in [-0.05, 0) is 12.5 Å². The molecule has 0 saturated heterocycles. The van der Waals surface area contributed by atoms with Gasteiger partial charge in [-0.1, -0.05) is 6.92 Å². The zero-order chi connectivity index (χ0) is 15.4. The van der Waals surface area contributed by atoms with E-state index in [-0.39, 0.29) is 19.0 Å². The summed E-state index contributed by atoms with van der Waals surface area (Å²) in [5.41, 5.74) is -0.982. The highest BCUT2D eigenvalue weighted by molar-refractivity contribution is 5.94. The summed E-state index contributed by atoms with van der Waals surface area (Å²) in [6, 6.07) is 0.240. The predicted octanol–water partition coefficient (Wildman–Crippen LogP) is 2.08. The van der Waals surface area contributed by atoms with Crippen LogP contribution in [0.15, 0.2) is 6.07 Å². The molecule has 0 heterocycles. The maximum Gasteiger partial charge on any atom is 0.306 e. The van der Waals surface area contributed by atoms with Crippen molar-refractivity contribution < 1.29 is 32.3 Å². The third-order valence-corrected chi connectivity index (χ3v) is 2.63. The van der Waals surface area contributed by atoms with Crippen LogP contribution >= 0.6 is 0 Å². The molecule has 0 aliphatic carbocycles. The molecule has 4 nitrogen and oxygen atoms in total. The minimum atomic E-state index is -2.07. The summed E-state index contributed by atoms with van der Waals surface area (Å²) in [4.78, 5) is 22.0. The van der Waals surface area contributed by atoms with Gasteiger partial charge < -0.3 is 10.4 Å². The Morgan fingerprint density at radius 3 is 2.35 bits per heavy atom. The number of benzene rings is 1. The standard InChI is InChI=1S/C12H11F4NO3/c1-5(12(19)20)2-3-17-11(18)6-4-7(13)9(15)10(16)8(6)14/h4-5H,2-3H2,1H3,(H,17,18)(H,19,20). The topological polar surface area (TPSA) is 66.4 Å². The van der Waals surface area contributed by atoms with Crippen LogP contribution in [0.3, 0.4) is 0 Å². The maximum atomic E-state index is 13.3. The van der Waals surface area contributed by atoms with Crippen molar-refractivity contribution in [3.63, 3.8) is 0 Å². The second-order valence-electron chi connectivity index (χ2n) is 4.13. The minimum Gasteiger partial charge on any atom is -0.481 e. The lowest BCUT2D eigenvalue weighted by atomic mass is 10.1. The van der Waals surface area contributed by atoms with Gasteiger partial charge in [-0.3, -0.25) is 9.59 Å². The molecule has 1 aromatic carbocycles.